The first-order valence-corrected chi connectivity index (χ1v) is 12.3. The molecule has 1 saturated carbocycles. The van der Waals surface area contributed by atoms with Crippen LogP contribution in [0.3, 0.4) is 0 Å². The van der Waals surface area contributed by atoms with Crippen molar-refractivity contribution in [2.24, 2.45) is 5.92 Å². The molecule has 0 amide bonds. The number of fused-ring (bicyclic) bond motifs is 1. The fourth-order valence-corrected chi connectivity index (χ4v) is 4.92. The van der Waals surface area contributed by atoms with Crippen LogP contribution in [0.5, 0.6) is 0 Å². The summed E-state index contributed by atoms with van der Waals surface area (Å²) < 4.78 is 54.7. The second-order valence-corrected chi connectivity index (χ2v) is 10.1. The fraction of sp³-hybridized carbons (Fsp3) is 0.500. The zero-order valence-electron chi connectivity index (χ0n) is 20.4. The zero-order chi connectivity index (χ0) is 26.4. The van der Waals surface area contributed by atoms with Crippen LogP contribution in [0.4, 0.5) is 23.5 Å². The Balaban J connectivity index is 1.49. The van der Waals surface area contributed by atoms with Gasteiger partial charge in [-0.1, -0.05) is 5.92 Å². The lowest BCUT2D eigenvalue weighted by Crippen LogP contribution is -2.36. The van der Waals surface area contributed by atoms with Gasteiger partial charge in [-0.05, 0) is 50.5 Å². The van der Waals surface area contributed by atoms with Crippen molar-refractivity contribution < 1.29 is 22.7 Å². The van der Waals surface area contributed by atoms with Crippen molar-refractivity contribution in [3.63, 3.8) is 0 Å². The Morgan fingerprint density at radius 2 is 1.86 bits per heavy atom. The number of hydrogen-bond donors (Lipinski definition) is 2. The molecule has 4 heterocycles. The molecular formula is C26H28F4N6O. The van der Waals surface area contributed by atoms with Crippen molar-refractivity contribution >= 4 is 16.9 Å². The molecule has 1 saturated heterocycles. The molecule has 1 atom stereocenters. The van der Waals surface area contributed by atoms with Gasteiger partial charge in [0, 0.05) is 42.8 Å². The number of aliphatic hydroxyl groups is 1. The minimum Gasteiger partial charge on any atom is -0.378 e. The molecule has 1 unspecified atom stereocenters. The van der Waals surface area contributed by atoms with Crippen LogP contribution in [0.25, 0.3) is 22.2 Å². The van der Waals surface area contributed by atoms with E-state index in [4.69, 9.17) is 5.73 Å². The average Bonchev–Trinajstić information content (AvgIpc) is 3.65. The van der Waals surface area contributed by atoms with Gasteiger partial charge in [-0.15, -0.1) is 0 Å². The van der Waals surface area contributed by atoms with E-state index in [1.54, 1.807) is 25.4 Å². The Bertz CT molecular complexity index is 1360. The molecule has 2 aliphatic rings. The third kappa shape index (κ3) is 5.70. The van der Waals surface area contributed by atoms with Crippen LogP contribution < -0.4 is 5.73 Å². The number of piperidine rings is 1. The van der Waals surface area contributed by atoms with E-state index < -0.39 is 24.0 Å². The topological polar surface area (TPSA) is 93.1 Å². The summed E-state index contributed by atoms with van der Waals surface area (Å²) in [5.41, 5.74) is 6.36. The largest absolute Gasteiger partial charge is 0.390 e. The van der Waals surface area contributed by atoms with E-state index in [9.17, 15) is 22.7 Å². The Hall–Kier alpha value is -3.23. The molecule has 0 bridgehead atoms. The highest BCUT2D eigenvalue weighted by Gasteiger charge is 2.38. The maximum Gasteiger partial charge on any atom is 0.390 e. The van der Waals surface area contributed by atoms with Crippen LogP contribution in [-0.4, -0.2) is 60.9 Å². The van der Waals surface area contributed by atoms with Crippen molar-refractivity contribution in [1.29, 1.82) is 0 Å². The van der Waals surface area contributed by atoms with E-state index in [-0.39, 0.29) is 30.1 Å². The Morgan fingerprint density at radius 1 is 1.14 bits per heavy atom. The summed E-state index contributed by atoms with van der Waals surface area (Å²) in [6, 6.07) is 1.74. The molecule has 1 aliphatic carbocycles. The minimum atomic E-state index is -4.18. The first kappa shape index (κ1) is 25.4. The molecule has 0 radical (unpaired) electrons. The summed E-state index contributed by atoms with van der Waals surface area (Å²) in [4.78, 5) is 14.1. The second-order valence-electron chi connectivity index (χ2n) is 10.1. The molecule has 2 fully saturated rings. The van der Waals surface area contributed by atoms with E-state index >= 15 is 0 Å². The number of nitrogen functional groups attached to an aromatic ring is 1. The smallest absolute Gasteiger partial charge is 0.378 e. The zero-order valence-corrected chi connectivity index (χ0v) is 20.4. The van der Waals surface area contributed by atoms with Crippen LogP contribution in [-0.2, 0) is 0 Å². The summed E-state index contributed by atoms with van der Waals surface area (Å²) in [5, 5.41) is 11.2. The number of hydrogen-bond acceptors (Lipinski definition) is 6. The molecule has 7 nitrogen and oxygen atoms in total. The number of nitrogens with zero attached hydrogens (tertiary/aromatic N) is 5. The number of nitrogens with two attached hydrogens (primary N) is 1. The van der Waals surface area contributed by atoms with Gasteiger partial charge in [-0.2, -0.15) is 13.2 Å². The Labute approximate surface area is 211 Å². The predicted molar refractivity (Wildman–Crippen MR) is 131 cm³/mol. The van der Waals surface area contributed by atoms with Crippen LogP contribution >= 0.6 is 0 Å². The van der Waals surface area contributed by atoms with Gasteiger partial charge in [0.2, 0.25) is 5.95 Å². The first-order chi connectivity index (χ1) is 17.5. The maximum atomic E-state index is 14.8. The van der Waals surface area contributed by atoms with E-state index in [1.165, 1.54) is 0 Å². The van der Waals surface area contributed by atoms with Crippen molar-refractivity contribution in [3.05, 3.63) is 36.2 Å². The Kier molecular flexibility index (Phi) is 6.58. The summed E-state index contributed by atoms with van der Waals surface area (Å²) >= 11 is 0. The van der Waals surface area contributed by atoms with Gasteiger partial charge in [0.1, 0.15) is 17.0 Å². The standard InChI is InChI=1S/C26H28F4N6O/c1-25(37,16-2-3-16)7-4-17-12-19-20(23-21(27)13-33-24(31)34-23)15-36(22(19)14-32-17)18-5-9-35(10-6-18)11-8-26(28,29)30/h12-16,18,37H,2-3,5-6,8-11H2,1H3,(H2,31,33,34). The van der Waals surface area contributed by atoms with E-state index in [1.807, 2.05) is 9.47 Å². The molecule has 0 aromatic carbocycles. The molecule has 196 valence electrons. The monoisotopic (exact) mass is 516 g/mol. The SMILES string of the molecule is CC(O)(C#Cc1cc2c(-c3nc(N)ncc3F)cn(C3CCN(CCC(F)(F)F)CC3)c2cn1)C1CC1. The molecule has 37 heavy (non-hydrogen) atoms. The van der Waals surface area contributed by atoms with Crippen LogP contribution in [0.15, 0.2) is 24.7 Å². The number of pyridine rings is 1. The number of aromatic nitrogens is 4. The van der Waals surface area contributed by atoms with Crippen molar-refractivity contribution in [3.8, 4) is 23.1 Å². The summed E-state index contributed by atoms with van der Waals surface area (Å²) in [7, 11) is 0. The molecule has 3 aromatic rings. The third-order valence-corrected chi connectivity index (χ3v) is 7.22. The molecule has 3 N–H and O–H groups in total. The van der Waals surface area contributed by atoms with Gasteiger partial charge < -0.3 is 20.3 Å². The summed E-state index contributed by atoms with van der Waals surface area (Å²) in [5.74, 6) is 5.32. The number of likely N-dealkylation sites (tertiary alicyclic amines) is 1. The highest BCUT2D eigenvalue weighted by Crippen LogP contribution is 2.39. The number of rotatable bonds is 5. The molecule has 1 aliphatic heterocycles. The molecular weight excluding hydrogens is 488 g/mol. The van der Waals surface area contributed by atoms with Gasteiger partial charge in [-0.25, -0.2) is 19.3 Å². The molecule has 5 rings (SSSR count). The lowest BCUT2D eigenvalue weighted by atomic mass is 10.0. The van der Waals surface area contributed by atoms with Gasteiger partial charge in [-0.3, -0.25) is 0 Å². The van der Waals surface area contributed by atoms with E-state index in [2.05, 4.69) is 26.8 Å². The van der Waals surface area contributed by atoms with Crippen molar-refractivity contribution in [1.82, 2.24) is 24.4 Å². The number of anilines is 1. The second kappa shape index (κ2) is 9.58. The normalized spacial score (nSPS) is 19.0. The minimum absolute atomic E-state index is 0.00466. The van der Waals surface area contributed by atoms with Gasteiger partial charge >= 0.3 is 6.18 Å². The molecule has 11 heteroatoms. The fourth-order valence-electron chi connectivity index (χ4n) is 4.92. The lowest BCUT2D eigenvalue weighted by molar-refractivity contribution is -0.138. The van der Waals surface area contributed by atoms with Gasteiger partial charge in [0.05, 0.1) is 24.3 Å². The average molecular weight is 517 g/mol. The maximum absolute atomic E-state index is 14.8. The van der Waals surface area contributed by atoms with Gasteiger partial charge in [0.25, 0.3) is 0 Å². The van der Waals surface area contributed by atoms with Crippen LogP contribution in [0.1, 0.15) is 50.8 Å². The first-order valence-electron chi connectivity index (χ1n) is 12.3. The highest BCUT2D eigenvalue weighted by molar-refractivity contribution is 5.95. The lowest BCUT2D eigenvalue weighted by Gasteiger charge is -2.33. The van der Waals surface area contributed by atoms with Crippen LogP contribution in [0.2, 0.25) is 0 Å². The quantitative estimate of drug-likeness (QED) is 0.388. The van der Waals surface area contributed by atoms with Crippen molar-refractivity contribution in [2.75, 3.05) is 25.4 Å². The predicted octanol–water partition coefficient (Wildman–Crippen LogP) is 4.32. The summed E-state index contributed by atoms with van der Waals surface area (Å²) in [6.45, 7) is 2.72. The van der Waals surface area contributed by atoms with E-state index in [0.717, 1.165) is 24.6 Å². The molecule has 3 aromatic heterocycles. The van der Waals surface area contributed by atoms with Crippen LogP contribution in [0, 0.1) is 23.6 Å². The number of alkyl halides is 3. The van der Waals surface area contributed by atoms with Crippen molar-refractivity contribution in [2.45, 2.75) is 56.8 Å². The van der Waals surface area contributed by atoms with E-state index in [0.29, 0.717) is 42.6 Å². The number of halogens is 4. The highest BCUT2D eigenvalue weighted by atomic mass is 19.4. The Morgan fingerprint density at radius 3 is 2.54 bits per heavy atom. The summed E-state index contributed by atoms with van der Waals surface area (Å²) in [6.07, 6.45) is 2.62. The molecule has 0 spiro atoms. The third-order valence-electron chi connectivity index (χ3n) is 7.22. The van der Waals surface area contributed by atoms with Gasteiger partial charge in [0.15, 0.2) is 5.82 Å².